The number of rotatable bonds is 3. The normalized spacial score (nSPS) is 21.9. The van der Waals surface area contributed by atoms with E-state index in [1.807, 2.05) is 53.4 Å². The van der Waals surface area contributed by atoms with E-state index in [-0.39, 0.29) is 17.9 Å². The van der Waals surface area contributed by atoms with E-state index < -0.39 is 0 Å². The SMILES string of the molecule is NC1CCC(C(=O)Nc2cccc(-n3cccc3)c2)C1. The lowest BCUT2D eigenvalue weighted by Crippen LogP contribution is -2.23. The number of hydrogen-bond acceptors (Lipinski definition) is 2. The van der Waals surface area contributed by atoms with Gasteiger partial charge < -0.3 is 15.6 Å². The Kier molecular flexibility index (Phi) is 3.56. The summed E-state index contributed by atoms with van der Waals surface area (Å²) in [5.41, 5.74) is 7.73. The van der Waals surface area contributed by atoms with Crippen LogP contribution in [0.4, 0.5) is 5.69 Å². The highest BCUT2D eigenvalue weighted by Crippen LogP contribution is 2.25. The zero-order chi connectivity index (χ0) is 13.9. The van der Waals surface area contributed by atoms with Gasteiger partial charge in [-0.2, -0.15) is 0 Å². The molecule has 1 aliphatic rings. The van der Waals surface area contributed by atoms with Crippen molar-refractivity contribution in [3.63, 3.8) is 0 Å². The van der Waals surface area contributed by atoms with Gasteiger partial charge in [0.25, 0.3) is 0 Å². The van der Waals surface area contributed by atoms with Gasteiger partial charge >= 0.3 is 0 Å². The molecule has 2 atom stereocenters. The Labute approximate surface area is 118 Å². The molecule has 20 heavy (non-hydrogen) atoms. The van der Waals surface area contributed by atoms with E-state index in [0.717, 1.165) is 30.6 Å². The highest BCUT2D eigenvalue weighted by atomic mass is 16.1. The molecule has 0 radical (unpaired) electrons. The maximum absolute atomic E-state index is 12.2. The molecule has 4 heteroatoms. The maximum atomic E-state index is 12.2. The van der Waals surface area contributed by atoms with Gasteiger partial charge in [0.05, 0.1) is 0 Å². The summed E-state index contributed by atoms with van der Waals surface area (Å²) in [5, 5.41) is 3.00. The quantitative estimate of drug-likeness (QED) is 0.899. The molecule has 1 aromatic heterocycles. The molecule has 1 saturated carbocycles. The molecule has 104 valence electrons. The van der Waals surface area contributed by atoms with E-state index in [4.69, 9.17) is 5.73 Å². The van der Waals surface area contributed by atoms with Crippen LogP contribution < -0.4 is 11.1 Å². The van der Waals surface area contributed by atoms with Crippen molar-refractivity contribution in [1.82, 2.24) is 4.57 Å². The van der Waals surface area contributed by atoms with Crippen LogP contribution in [0.3, 0.4) is 0 Å². The predicted molar refractivity (Wildman–Crippen MR) is 79.7 cm³/mol. The van der Waals surface area contributed by atoms with Gasteiger partial charge in [-0.1, -0.05) is 6.07 Å². The molecule has 0 saturated heterocycles. The average Bonchev–Trinajstić information content (AvgIpc) is 3.10. The number of benzene rings is 1. The van der Waals surface area contributed by atoms with Crippen LogP contribution in [0.2, 0.25) is 0 Å². The predicted octanol–water partition coefficient (Wildman–Crippen LogP) is 2.54. The number of carbonyl (C=O) groups excluding carboxylic acids is 1. The number of nitrogens with zero attached hydrogens (tertiary/aromatic N) is 1. The second-order valence-corrected chi connectivity index (χ2v) is 5.40. The van der Waals surface area contributed by atoms with Crippen molar-refractivity contribution in [1.29, 1.82) is 0 Å². The minimum atomic E-state index is 0.0558. The largest absolute Gasteiger partial charge is 0.328 e. The van der Waals surface area contributed by atoms with E-state index in [2.05, 4.69) is 5.32 Å². The summed E-state index contributed by atoms with van der Waals surface area (Å²) in [6.45, 7) is 0. The van der Waals surface area contributed by atoms with Crippen LogP contribution in [0.1, 0.15) is 19.3 Å². The molecular weight excluding hydrogens is 250 g/mol. The Bertz CT molecular complexity index is 592. The van der Waals surface area contributed by atoms with Crippen molar-refractivity contribution in [3.8, 4) is 5.69 Å². The number of carbonyl (C=O) groups is 1. The van der Waals surface area contributed by atoms with Crippen LogP contribution in [0.15, 0.2) is 48.8 Å². The van der Waals surface area contributed by atoms with Gasteiger partial charge in [-0.25, -0.2) is 0 Å². The monoisotopic (exact) mass is 269 g/mol. The summed E-state index contributed by atoms with van der Waals surface area (Å²) >= 11 is 0. The third kappa shape index (κ3) is 2.75. The smallest absolute Gasteiger partial charge is 0.227 e. The molecule has 0 spiro atoms. The van der Waals surface area contributed by atoms with E-state index in [9.17, 15) is 4.79 Å². The first-order chi connectivity index (χ1) is 9.72. The number of aromatic nitrogens is 1. The molecule has 2 aromatic rings. The Morgan fingerprint density at radius 3 is 2.70 bits per heavy atom. The van der Waals surface area contributed by atoms with Crippen LogP contribution >= 0.6 is 0 Å². The molecule has 1 fully saturated rings. The van der Waals surface area contributed by atoms with Gasteiger partial charge in [-0.05, 0) is 49.6 Å². The summed E-state index contributed by atoms with van der Waals surface area (Å²) in [6, 6.07) is 12.0. The molecule has 4 nitrogen and oxygen atoms in total. The van der Waals surface area contributed by atoms with Crippen LogP contribution in [-0.2, 0) is 4.79 Å². The molecule has 3 rings (SSSR count). The van der Waals surface area contributed by atoms with Crippen LogP contribution in [0.25, 0.3) is 5.69 Å². The van der Waals surface area contributed by atoms with Crippen LogP contribution in [0, 0.1) is 5.92 Å². The molecule has 1 heterocycles. The van der Waals surface area contributed by atoms with Gasteiger partial charge in [0, 0.05) is 35.7 Å². The third-order valence-electron chi connectivity index (χ3n) is 3.86. The van der Waals surface area contributed by atoms with Crippen LogP contribution in [-0.4, -0.2) is 16.5 Å². The minimum absolute atomic E-state index is 0.0558. The summed E-state index contributed by atoms with van der Waals surface area (Å²) in [4.78, 5) is 12.2. The summed E-state index contributed by atoms with van der Waals surface area (Å²) < 4.78 is 2.02. The first kappa shape index (κ1) is 12.9. The van der Waals surface area contributed by atoms with Crippen LogP contribution in [0.5, 0.6) is 0 Å². The summed E-state index contributed by atoms with van der Waals surface area (Å²) in [6.07, 6.45) is 6.60. The molecule has 1 aromatic carbocycles. The van der Waals surface area contributed by atoms with Crippen molar-refractivity contribution in [3.05, 3.63) is 48.8 Å². The summed E-state index contributed by atoms with van der Waals surface area (Å²) in [7, 11) is 0. The lowest BCUT2D eigenvalue weighted by Gasteiger charge is -2.12. The number of nitrogens with two attached hydrogens (primary N) is 1. The van der Waals surface area contributed by atoms with Gasteiger partial charge in [0.2, 0.25) is 5.91 Å². The first-order valence-corrected chi connectivity index (χ1v) is 7.02. The Morgan fingerprint density at radius 1 is 1.20 bits per heavy atom. The van der Waals surface area contributed by atoms with Crippen molar-refractivity contribution in [2.45, 2.75) is 25.3 Å². The third-order valence-corrected chi connectivity index (χ3v) is 3.86. The zero-order valence-electron chi connectivity index (χ0n) is 11.3. The fraction of sp³-hybridized carbons (Fsp3) is 0.312. The van der Waals surface area contributed by atoms with E-state index >= 15 is 0 Å². The molecular formula is C16H19N3O. The second kappa shape index (κ2) is 5.51. The van der Waals surface area contributed by atoms with Gasteiger partial charge in [0.1, 0.15) is 0 Å². The standard InChI is InChI=1S/C16H19N3O/c17-13-7-6-12(10-13)16(20)18-14-4-3-5-15(11-14)19-8-1-2-9-19/h1-5,8-9,11-13H,6-7,10,17H2,(H,18,20). The summed E-state index contributed by atoms with van der Waals surface area (Å²) in [5.74, 6) is 0.142. The lowest BCUT2D eigenvalue weighted by atomic mass is 10.1. The Balaban J connectivity index is 1.71. The molecule has 2 unspecified atom stereocenters. The Hall–Kier alpha value is -2.07. The van der Waals surface area contributed by atoms with Crippen molar-refractivity contribution >= 4 is 11.6 Å². The number of amides is 1. The van der Waals surface area contributed by atoms with E-state index in [1.54, 1.807) is 0 Å². The fourth-order valence-electron chi connectivity index (χ4n) is 2.75. The number of nitrogens with one attached hydrogen (secondary N) is 1. The maximum Gasteiger partial charge on any atom is 0.227 e. The zero-order valence-corrected chi connectivity index (χ0v) is 11.3. The van der Waals surface area contributed by atoms with Crippen molar-refractivity contribution in [2.75, 3.05) is 5.32 Å². The fourth-order valence-corrected chi connectivity index (χ4v) is 2.75. The minimum Gasteiger partial charge on any atom is -0.328 e. The number of hydrogen-bond donors (Lipinski definition) is 2. The van der Waals surface area contributed by atoms with Crippen molar-refractivity contribution in [2.24, 2.45) is 11.7 Å². The van der Waals surface area contributed by atoms with E-state index in [1.165, 1.54) is 0 Å². The lowest BCUT2D eigenvalue weighted by molar-refractivity contribution is -0.119. The van der Waals surface area contributed by atoms with Gasteiger partial charge in [-0.3, -0.25) is 4.79 Å². The Morgan fingerprint density at radius 2 is 2.00 bits per heavy atom. The highest BCUT2D eigenvalue weighted by Gasteiger charge is 2.27. The molecule has 0 aliphatic heterocycles. The first-order valence-electron chi connectivity index (χ1n) is 7.02. The highest BCUT2D eigenvalue weighted by molar-refractivity contribution is 5.93. The second-order valence-electron chi connectivity index (χ2n) is 5.40. The van der Waals surface area contributed by atoms with Gasteiger partial charge in [-0.15, -0.1) is 0 Å². The number of anilines is 1. The average molecular weight is 269 g/mol. The van der Waals surface area contributed by atoms with E-state index in [0.29, 0.717) is 0 Å². The van der Waals surface area contributed by atoms with Crippen molar-refractivity contribution < 1.29 is 4.79 Å². The van der Waals surface area contributed by atoms with Gasteiger partial charge in [0.15, 0.2) is 0 Å². The molecule has 1 amide bonds. The molecule has 1 aliphatic carbocycles. The molecule has 3 N–H and O–H groups in total. The molecule has 0 bridgehead atoms. The topological polar surface area (TPSA) is 60.1 Å².